The molecule has 1 aromatic heterocycles. The largest absolute Gasteiger partial charge is 0.350 e. The van der Waals surface area contributed by atoms with Gasteiger partial charge < -0.3 is 10.6 Å². The van der Waals surface area contributed by atoms with Crippen LogP contribution in [0.4, 0.5) is 0 Å². The average Bonchev–Trinajstić information content (AvgIpc) is 2.72. The molecule has 0 radical (unpaired) electrons. The molecule has 1 amide bonds. The van der Waals surface area contributed by atoms with Crippen LogP contribution in [-0.4, -0.2) is 23.5 Å². The first-order valence-corrected chi connectivity index (χ1v) is 6.10. The van der Waals surface area contributed by atoms with E-state index in [0.29, 0.717) is 6.54 Å². The summed E-state index contributed by atoms with van der Waals surface area (Å²) in [6.07, 6.45) is 0.925. The summed E-state index contributed by atoms with van der Waals surface area (Å²) in [6.45, 7) is 5.46. The van der Waals surface area contributed by atoms with Gasteiger partial charge in [-0.2, -0.15) is 0 Å². The molecule has 0 bridgehead atoms. The molecule has 2 N–H and O–H groups in total. The lowest BCUT2D eigenvalue weighted by Crippen LogP contribution is -2.36. The van der Waals surface area contributed by atoms with E-state index >= 15 is 0 Å². The lowest BCUT2D eigenvalue weighted by molar-refractivity contribution is -0.125. The van der Waals surface area contributed by atoms with Crippen molar-refractivity contribution in [3.8, 4) is 0 Å². The maximum absolute atomic E-state index is 11.9. The van der Waals surface area contributed by atoms with E-state index < -0.39 is 0 Å². The molecule has 92 valence electrons. The molecular formula is C13H19N3O. The van der Waals surface area contributed by atoms with Crippen LogP contribution >= 0.6 is 0 Å². The van der Waals surface area contributed by atoms with Crippen LogP contribution in [0.15, 0.2) is 18.2 Å². The number of pyridine rings is 1. The van der Waals surface area contributed by atoms with Crippen LogP contribution in [0.3, 0.4) is 0 Å². The summed E-state index contributed by atoms with van der Waals surface area (Å²) in [4.78, 5) is 16.3. The summed E-state index contributed by atoms with van der Waals surface area (Å²) in [7, 11) is 0. The van der Waals surface area contributed by atoms with E-state index in [1.165, 1.54) is 0 Å². The van der Waals surface area contributed by atoms with Crippen LogP contribution in [0.2, 0.25) is 0 Å². The number of amides is 1. The number of rotatable bonds is 3. The van der Waals surface area contributed by atoms with Gasteiger partial charge in [-0.05, 0) is 38.9 Å². The summed E-state index contributed by atoms with van der Waals surface area (Å²) < 4.78 is 0. The molecule has 2 unspecified atom stereocenters. The number of carbonyl (C=O) groups is 1. The zero-order valence-corrected chi connectivity index (χ0v) is 10.4. The Labute approximate surface area is 102 Å². The Hall–Kier alpha value is -1.42. The van der Waals surface area contributed by atoms with Gasteiger partial charge in [-0.15, -0.1) is 0 Å². The van der Waals surface area contributed by atoms with Crippen LogP contribution in [0.5, 0.6) is 0 Å². The Bertz CT molecular complexity index is 405. The third kappa shape index (κ3) is 3.03. The molecule has 0 saturated carbocycles. The third-order valence-electron chi connectivity index (χ3n) is 3.25. The fraction of sp³-hybridized carbons (Fsp3) is 0.538. The van der Waals surface area contributed by atoms with E-state index in [2.05, 4.69) is 22.5 Å². The molecule has 17 heavy (non-hydrogen) atoms. The van der Waals surface area contributed by atoms with E-state index in [0.717, 1.165) is 24.4 Å². The number of aromatic nitrogens is 1. The highest BCUT2D eigenvalue weighted by molar-refractivity contribution is 5.79. The van der Waals surface area contributed by atoms with Crippen molar-refractivity contribution in [3.05, 3.63) is 29.6 Å². The first kappa shape index (κ1) is 12.0. The molecule has 0 spiro atoms. The molecule has 1 aromatic rings. The summed E-state index contributed by atoms with van der Waals surface area (Å²) in [5.41, 5.74) is 1.89. The Morgan fingerprint density at radius 3 is 3.06 bits per heavy atom. The third-order valence-corrected chi connectivity index (χ3v) is 3.25. The van der Waals surface area contributed by atoms with Gasteiger partial charge in [0.05, 0.1) is 18.2 Å². The standard InChI is InChI=1S/C13H19N3O/c1-9-4-3-5-11(16-9)8-15-13(17)12-6-7-14-10(12)2/h3-5,10,12,14H,6-8H2,1-2H3,(H,15,17). The topological polar surface area (TPSA) is 54.0 Å². The van der Waals surface area contributed by atoms with E-state index in [1.807, 2.05) is 25.1 Å². The summed E-state index contributed by atoms with van der Waals surface area (Å²) in [5, 5.41) is 6.24. The minimum Gasteiger partial charge on any atom is -0.350 e. The molecule has 0 aliphatic carbocycles. The molecule has 1 saturated heterocycles. The van der Waals surface area contributed by atoms with Crippen LogP contribution < -0.4 is 10.6 Å². The summed E-state index contributed by atoms with van der Waals surface area (Å²) in [6, 6.07) is 6.13. The van der Waals surface area contributed by atoms with Gasteiger partial charge in [-0.25, -0.2) is 0 Å². The Morgan fingerprint density at radius 2 is 2.41 bits per heavy atom. The first-order valence-electron chi connectivity index (χ1n) is 6.10. The highest BCUT2D eigenvalue weighted by Crippen LogP contribution is 2.15. The molecule has 0 aromatic carbocycles. The van der Waals surface area contributed by atoms with Gasteiger partial charge in [0.15, 0.2) is 0 Å². The predicted molar refractivity (Wildman–Crippen MR) is 66.4 cm³/mol. The maximum atomic E-state index is 11.9. The molecule has 1 aliphatic heterocycles. The van der Waals surface area contributed by atoms with Crippen molar-refractivity contribution in [2.45, 2.75) is 32.9 Å². The van der Waals surface area contributed by atoms with Crippen molar-refractivity contribution in [2.24, 2.45) is 5.92 Å². The first-order chi connectivity index (χ1) is 8.16. The minimum atomic E-state index is 0.0970. The molecule has 2 rings (SSSR count). The smallest absolute Gasteiger partial charge is 0.225 e. The number of hydrogen-bond donors (Lipinski definition) is 2. The lowest BCUT2D eigenvalue weighted by atomic mass is 10.0. The molecule has 1 aliphatic rings. The fourth-order valence-corrected chi connectivity index (χ4v) is 2.22. The molecule has 4 nitrogen and oxygen atoms in total. The lowest BCUT2D eigenvalue weighted by Gasteiger charge is -2.14. The molecular weight excluding hydrogens is 214 g/mol. The number of carbonyl (C=O) groups excluding carboxylic acids is 1. The van der Waals surface area contributed by atoms with Gasteiger partial charge in [-0.1, -0.05) is 6.07 Å². The molecule has 4 heteroatoms. The fourth-order valence-electron chi connectivity index (χ4n) is 2.22. The quantitative estimate of drug-likeness (QED) is 0.819. The van der Waals surface area contributed by atoms with Crippen LogP contribution in [-0.2, 0) is 11.3 Å². The van der Waals surface area contributed by atoms with Crippen molar-refractivity contribution >= 4 is 5.91 Å². The van der Waals surface area contributed by atoms with Crippen LogP contribution in [0.25, 0.3) is 0 Å². The summed E-state index contributed by atoms with van der Waals surface area (Å²) in [5.74, 6) is 0.227. The SMILES string of the molecule is Cc1cccc(CNC(=O)C2CCNC2C)n1. The second-order valence-electron chi connectivity index (χ2n) is 4.63. The van der Waals surface area contributed by atoms with Crippen molar-refractivity contribution in [1.82, 2.24) is 15.6 Å². The Balaban J connectivity index is 1.88. The van der Waals surface area contributed by atoms with Gasteiger partial charge >= 0.3 is 0 Å². The molecule has 2 heterocycles. The maximum Gasteiger partial charge on any atom is 0.225 e. The van der Waals surface area contributed by atoms with Crippen molar-refractivity contribution in [3.63, 3.8) is 0 Å². The number of nitrogens with zero attached hydrogens (tertiary/aromatic N) is 1. The van der Waals surface area contributed by atoms with Gasteiger partial charge in [0.2, 0.25) is 5.91 Å². The highest BCUT2D eigenvalue weighted by Gasteiger charge is 2.28. The van der Waals surface area contributed by atoms with E-state index in [9.17, 15) is 4.79 Å². The van der Waals surface area contributed by atoms with Crippen molar-refractivity contribution in [2.75, 3.05) is 6.54 Å². The Morgan fingerprint density at radius 1 is 1.59 bits per heavy atom. The second-order valence-corrected chi connectivity index (χ2v) is 4.63. The van der Waals surface area contributed by atoms with Crippen LogP contribution in [0, 0.1) is 12.8 Å². The Kier molecular flexibility index (Phi) is 3.74. The normalized spacial score (nSPS) is 23.6. The number of hydrogen-bond acceptors (Lipinski definition) is 3. The van der Waals surface area contributed by atoms with Gasteiger partial charge in [0, 0.05) is 11.7 Å². The monoisotopic (exact) mass is 233 g/mol. The predicted octanol–water partition coefficient (Wildman–Crippen LogP) is 1.00. The molecule has 1 fully saturated rings. The zero-order chi connectivity index (χ0) is 12.3. The van der Waals surface area contributed by atoms with E-state index in [4.69, 9.17) is 0 Å². The highest BCUT2D eigenvalue weighted by atomic mass is 16.1. The number of aryl methyl sites for hydroxylation is 1. The van der Waals surface area contributed by atoms with E-state index in [1.54, 1.807) is 0 Å². The van der Waals surface area contributed by atoms with Crippen molar-refractivity contribution in [1.29, 1.82) is 0 Å². The molecule has 2 atom stereocenters. The van der Waals surface area contributed by atoms with Gasteiger partial charge in [0.25, 0.3) is 0 Å². The van der Waals surface area contributed by atoms with Crippen LogP contribution in [0.1, 0.15) is 24.7 Å². The zero-order valence-electron chi connectivity index (χ0n) is 10.4. The van der Waals surface area contributed by atoms with Gasteiger partial charge in [0.1, 0.15) is 0 Å². The van der Waals surface area contributed by atoms with E-state index in [-0.39, 0.29) is 17.9 Å². The second kappa shape index (κ2) is 5.27. The van der Waals surface area contributed by atoms with Crippen molar-refractivity contribution < 1.29 is 4.79 Å². The average molecular weight is 233 g/mol. The number of nitrogens with one attached hydrogen (secondary N) is 2. The minimum absolute atomic E-state index is 0.0970. The summed E-state index contributed by atoms with van der Waals surface area (Å²) >= 11 is 0. The van der Waals surface area contributed by atoms with Gasteiger partial charge in [-0.3, -0.25) is 9.78 Å².